The average Bonchev–Trinajstić information content (AvgIpc) is 3.00. The maximum Gasteiger partial charge on any atom is 0.327 e. The van der Waals surface area contributed by atoms with Crippen molar-refractivity contribution in [2.75, 3.05) is 0 Å². The Morgan fingerprint density at radius 3 is 2.50 bits per heavy atom. The molecule has 2 aliphatic heterocycles. The number of benzene rings is 1. The monoisotopic (exact) mass is 473 g/mol. The number of nitrogens with one attached hydrogen (secondary N) is 1. The minimum atomic E-state index is -1.76. The number of carboxylic acids is 1. The van der Waals surface area contributed by atoms with Crippen molar-refractivity contribution in [1.82, 2.24) is 10.2 Å². The van der Waals surface area contributed by atoms with Gasteiger partial charge in [-0.1, -0.05) is 32.1 Å². The van der Waals surface area contributed by atoms with E-state index in [4.69, 9.17) is 0 Å². The molecule has 1 unspecified atom stereocenters. The number of β-lactam (4-membered cyclic amide) rings is 1. The fraction of sp³-hybridized carbons (Fsp3) is 0.478. The van der Waals surface area contributed by atoms with E-state index in [1.807, 2.05) is 50.3 Å². The summed E-state index contributed by atoms with van der Waals surface area (Å²) in [5.74, 6) is -2.25. The lowest BCUT2D eigenvalue weighted by molar-refractivity contribution is -0.165. The van der Waals surface area contributed by atoms with E-state index in [0.717, 1.165) is 16.9 Å². The fourth-order valence-corrected chi connectivity index (χ4v) is 6.74. The summed E-state index contributed by atoms with van der Waals surface area (Å²) < 4.78 is -0.783. The van der Waals surface area contributed by atoms with Crippen LogP contribution in [-0.4, -0.2) is 54.7 Å². The van der Waals surface area contributed by atoms with Crippen LogP contribution in [0.1, 0.15) is 33.3 Å². The minimum Gasteiger partial charge on any atom is -0.480 e. The van der Waals surface area contributed by atoms with E-state index in [0.29, 0.717) is 0 Å². The van der Waals surface area contributed by atoms with Crippen LogP contribution >= 0.6 is 23.5 Å². The number of carbonyl (C=O) groups is 3. The number of allylic oxidation sites excluding steroid dienone is 1. The fourth-order valence-electron chi connectivity index (χ4n) is 4.08. The van der Waals surface area contributed by atoms with Crippen molar-refractivity contribution in [1.29, 1.82) is 5.26 Å². The molecule has 2 fully saturated rings. The Morgan fingerprint density at radius 2 is 2.00 bits per heavy atom. The summed E-state index contributed by atoms with van der Waals surface area (Å²) in [6, 6.07) is 8.78. The van der Waals surface area contributed by atoms with Crippen molar-refractivity contribution in [2.45, 2.75) is 66.0 Å². The van der Waals surface area contributed by atoms with Gasteiger partial charge in [-0.3, -0.25) is 9.59 Å². The number of hydrogen-bond acceptors (Lipinski definition) is 6. The molecule has 3 rings (SSSR count). The van der Waals surface area contributed by atoms with E-state index >= 15 is 0 Å². The second-order valence-corrected chi connectivity index (χ2v) is 11.8. The molecule has 2 heterocycles. The van der Waals surface area contributed by atoms with Crippen LogP contribution in [0.15, 0.2) is 41.8 Å². The van der Waals surface area contributed by atoms with E-state index in [1.165, 1.54) is 28.4 Å². The Kier molecular flexibility index (Phi) is 6.68. The third-order valence-electron chi connectivity index (χ3n) is 5.71. The van der Waals surface area contributed by atoms with Crippen molar-refractivity contribution in [3.8, 4) is 6.07 Å². The van der Waals surface area contributed by atoms with Gasteiger partial charge in [0, 0.05) is 9.64 Å². The molecule has 1 aromatic carbocycles. The number of fused-ring (bicyclic) bond motifs is 1. The number of hydrogen-bond donors (Lipinski definition) is 2. The van der Waals surface area contributed by atoms with Gasteiger partial charge >= 0.3 is 5.97 Å². The van der Waals surface area contributed by atoms with Crippen LogP contribution in [-0.2, 0) is 20.8 Å². The molecule has 0 spiro atoms. The van der Waals surface area contributed by atoms with E-state index < -0.39 is 44.7 Å². The molecule has 170 valence electrons. The van der Waals surface area contributed by atoms with E-state index in [2.05, 4.69) is 11.9 Å². The van der Waals surface area contributed by atoms with Crippen molar-refractivity contribution in [3.63, 3.8) is 0 Å². The highest BCUT2D eigenvalue weighted by molar-refractivity contribution is 8.01. The number of aliphatic carboxylic acids is 1. The van der Waals surface area contributed by atoms with Gasteiger partial charge in [0.2, 0.25) is 11.4 Å². The zero-order chi connectivity index (χ0) is 23.8. The lowest BCUT2D eigenvalue weighted by Gasteiger charge is -2.49. The lowest BCUT2D eigenvalue weighted by Crippen LogP contribution is -2.79. The minimum absolute atomic E-state index is 0.0608. The Morgan fingerprint density at radius 1 is 1.38 bits per heavy atom. The van der Waals surface area contributed by atoms with Crippen LogP contribution in [0.5, 0.6) is 0 Å². The molecule has 9 heteroatoms. The van der Waals surface area contributed by atoms with Gasteiger partial charge in [0.15, 0.2) is 0 Å². The third kappa shape index (κ3) is 4.02. The first kappa shape index (κ1) is 24.2. The van der Waals surface area contributed by atoms with E-state index in [-0.39, 0.29) is 5.92 Å². The largest absolute Gasteiger partial charge is 0.480 e. The van der Waals surface area contributed by atoms with Crippen molar-refractivity contribution >= 4 is 41.3 Å². The number of carboxylic acid groups (broad SMARTS) is 1. The Labute approximate surface area is 196 Å². The van der Waals surface area contributed by atoms with E-state index in [1.54, 1.807) is 13.8 Å². The van der Waals surface area contributed by atoms with Crippen LogP contribution in [0, 0.1) is 17.2 Å². The van der Waals surface area contributed by atoms with Crippen LogP contribution in [0.25, 0.3) is 0 Å². The zero-order valence-electron chi connectivity index (χ0n) is 18.5. The second-order valence-electron chi connectivity index (χ2n) is 8.86. The molecule has 0 aromatic heterocycles. The molecule has 32 heavy (non-hydrogen) atoms. The van der Waals surface area contributed by atoms with Crippen LogP contribution in [0.4, 0.5) is 0 Å². The summed E-state index contributed by atoms with van der Waals surface area (Å²) in [5, 5.41) is 20.9. The maximum atomic E-state index is 13.2. The molecule has 2 N–H and O–H groups in total. The van der Waals surface area contributed by atoms with Crippen molar-refractivity contribution < 1.29 is 19.5 Å². The van der Waals surface area contributed by atoms with Crippen molar-refractivity contribution in [3.05, 3.63) is 42.5 Å². The first-order chi connectivity index (χ1) is 15.0. The number of nitrogens with zero attached hydrogens (tertiary/aromatic N) is 2. The quantitative estimate of drug-likeness (QED) is 0.339. The lowest BCUT2D eigenvalue weighted by atomic mass is 9.85. The normalized spacial score (nSPS) is 26.6. The highest BCUT2D eigenvalue weighted by Gasteiger charge is 2.73. The Balaban J connectivity index is 1.80. The SMILES string of the molecule is C=CCc1ccc(SC(C(=O)N[C@@]2(C#N)C(=O)N3[C@@H](C(=O)O)C(C)(C)S[C@@H]32)C(C)C)cc1. The topological polar surface area (TPSA) is 111 Å². The van der Waals surface area contributed by atoms with E-state index in [9.17, 15) is 24.8 Å². The van der Waals surface area contributed by atoms with Gasteiger partial charge in [-0.15, -0.1) is 30.1 Å². The first-order valence-electron chi connectivity index (χ1n) is 10.3. The molecule has 0 radical (unpaired) electrons. The van der Waals surface area contributed by atoms with Gasteiger partial charge in [0.05, 0.1) is 5.25 Å². The predicted octanol–water partition coefficient (Wildman–Crippen LogP) is 3.06. The first-order valence-corrected chi connectivity index (χ1v) is 12.1. The second kappa shape index (κ2) is 8.83. The summed E-state index contributed by atoms with van der Waals surface area (Å²) in [5.41, 5.74) is -0.641. The summed E-state index contributed by atoms with van der Waals surface area (Å²) in [6.45, 7) is 11.0. The highest BCUT2D eigenvalue weighted by Crippen LogP contribution is 2.54. The Bertz CT molecular complexity index is 986. The van der Waals surface area contributed by atoms with Crippen molar-refractivity contribution in [2.24, 2.45) is 5.92 Å². The number of thioether (sulfide) groups is 2. The smallest absolute Gasteiger partial charge is 0.327 e. The molecule has 1 aromatic rings. The van der Waals surface area contributed by atoms with Gasteiger partial charge in [-0.05, 0) is 43.9 Å². The molecule has 0 aliphatic carbocycles. The molecule has 0 bridgehead atoms. The van der Waals surface area contributed by atoms with Gasteiger partial charge in [0.1, 0.15) is 17.5 Å². The zero-order valence-corrected chi connectivity index (χ0v) is 20.1. The van der Waals surface area contributed by atoms with Crippen LogP contribution < -0.4 is 5.32 Å². The molecular formula is C23H27N3O4S2. The van der Waals surface area contributed by atoms with Crippen LogP contribution in [0.3, 0.4) is 0 Å². The highest BCUT2D eigenvalue weighted by atomic mass is 32.2. The number of carbonyl (C=O) groups excluding carboxylic acids is 2. The maximum absolute atomic E-state index is 13.2. The molecule has 2 aliphatic rings. The molecule has 4 atom stereocenters. The molecule has 7 nitrogen and oxygen atoms in total. The number of rotatable bonds is 8. The van der Waals surface area contributed by atoms with Gasteiger partial charge < -0.3 is 15.3 Å². The summed E-state index contributed by atoms with van der Waals surface area (Å²) in [4.78, 5) is 40.1. The average molecular weight is 474 g/mol. The summed E-state index contributed by atoms with van der Waals surface area (Å²) in [7, 11) is 0. The predicted molar refractivity (Wildman–Crippen MR) is 125 cm³/mol. The van der Waals surface area contributed by atoms with Gasteiger partial charge in [0.25, 0.3) is 5.91 Å². The third-order valence-corrected chi connectivity index (χ3v) is 8.90. The van der Waals surface area contributed by atoms with Gasteiger partial charge in [-0.2, -0.15) is 5.26 Å². The van der Waals surface area contributed by atoms with Gasteiger partial charge in [-0.25, -0.2) is 4.79 Å². The molecular weight excluding hydrogens is 446 g/mol. The van der Waals surface area contributed by atoms with Crippen LogP contribution in [0.2, 0.25) is 0 Å². The summed E-state index contributed by atoms with van der Waals surface area (Å²) >= 11 is 2.61. The molecule has 2 saturated heterocycles. The number of nitriles is 1. The molecule has 2 amide bonds. The standard InChI is InChI=1S/C23H27N3O4S2/c1-6-7-14-8-10-15(11-9-14)31-16(13(2)3)18(27)25-23(12-24)20(30)26-17(19(28)29)22(4,5)32-21(23)26/h6,8-11,13,16-17,21H,1,7H2,2-5H3,(H,25,27)(H,28,29)/t16?,17-,21+,23-/m0/s1. The Hall–Kier alpha value is -2.44. The molecule has 0 saturated carbocycles. The number of amides is 2. The summed E-state index contributed by atoms with van der Waals surface area (Å²) in [6.07, 6.45) is 2.58.